The Labute approximate surface area is 201 Å². The van der Waals surface area contributed by atoms with E-state index in [4.69, 9.17) is 0 Å². The minimum atomic E-state index is -0.303. The lowest BCUT2D eigenvalue weighted by Crippen LogP contribution is -2.23. The Morgan fingerprint density at radius 1 is 0.939 bits per heavy atom. The SMILES string of the molecule is Cc1cc(C)c(NC(=O)[C@H](C)Sc2nc3ccc(NC(=O)c4ccccc4)cc3s2)c(C)c1. The van der Waals surface area contributed by atoms with Crippen molar-refractivity contribution in [2.24, 2.45) is 0 Å². The Kier molecular flexibility index (Phi) is 6.81. The average Bonchev–Trinajstić information content (AvgIpc) is 3.18. The van der Waals surface area contributed by atoms with Crippen LogP contribution in [0.4, 0.5) is 11.4 Å². The van der Waals surface area contributed by atoms with Gasteiger partial charge in [-0.25, -0.2) is 4.98 Å². The number of fused-ring (bicyclic) bond motifs is 1. The molecule has 1 aromatic heterocycles. The summed E-state index contributed by atoms with van der Waals surface area (Å²) in [6.45, 7) is 7.95. The summed E-state index contributed by atoms with van der Waals surface area (Å²) >= 11 is 2.95. The van der Waals surface area contributed by atoms with Crippen molar-refractivity contribution in [3.8, 4) is 0 Å². The third-order valence-electron chi connectivity index (χ3n) is 5.23. The molecular formula is C26H25N3O2S2. The molecule has 7 heteroatoms. The molecule has 0 saturated carbocycles. The zero-order valence-electron chi connectivity index (χ0n) is 18.9. The second-order valence-corrected chi connectivity index (χ2v) is 10.6. The zero-order chi connectivity index (χ0) is 23.5. The molecule has 4 rings (SSSR count). The van der Waals surface area contributed by atoms with Gasteiger partial charge < -0.3 is 10.6 Å². The lowest BCUT2D eigenvalue weighted by molar-refractivity contribution is -0.115. The molecule has 1 heterocycles. The Balaban J connectivity index is 1.44. The van der Waals surface area contributed by atoms with Crippen molar-refractivity contribution < 1.29 is 9.59 Å². The minimum absolute atomic E-state index is 0.0508. The minimum Gasteiger partial charge on any atom is -0.325 e. The smallest absolute Gasteiger partial charge is 0.255 e. The molecule has 5 nitrogen and oxygen atoms in total. The van der Waals surface area contributed by atoms with Crippen molar-refractivity contribution in [3.63, 3.8) is 0 Å². The van der Waals surface area contributed by atoms with Gasteiger partial charge in [0.15, 0.2) is 4.34 Å². The van der Waals surface area contributed by atoms with Crippen LogP contribution in [0.2, 0.25) is 0 Å². The Bertz CT molecular complexity index is 1310. The fourth-order valence-electron chi connectivity index (χ4n) is 3.63. The molecule has 0 unspecified atom stereocenters. The number of nitrogens with zero attached hydrogens (tertiary/aromatic N) is 1. The van der Waals surface area contributed by atoms with Gasteiger partial charge in [-0.3, -0.25) is 9.59 Å². The van der Waals surface area contributed by atoms with Crippen LogP contribution in [0.5, 0.6) is 0 Å². The molecule has 33 heavy (non-hydrogen) atoms. The first kappa shape index (κ1) is 23.0. The van der Waals surface area contributed by atoms with Gasteiger partial charge in [0, 0.05) is 16.9 Å². The topological polar surface area (TPSA) is 71.1 Å². The number of thiazole rings is 1. The van der Waals surface area contributed by atoms with E-state index in [9.17, 15) is 9.59 Å². The molecular weight excluding hydrogens is 450 g/mol. The number of rotatable bonds is 6. The van der Waals surface area contributed by atoms with Gasteiger partial charge in [-0.2, -0.15) is 0 Å². The van der Waals surface area contributed by atoms with E-state index >= 15 is 0 Å². The largest absolute Gasteiger partial charge is 0.325 e. The summed E-state index contributed by atoms with van der Waals surface area (Å²) in [5.41, 5.74) is 6.34. The van der Waals surface area contributed by atoms with Crippen LogP contribution < -0.4 is 10.6 Å². The molecule has 0 aliphatic carbocycles. The van der Waals surface area contributed by atoms with E-state index in [2.05, 4.69) is 34.7 Å². The summed E-state index contributed by atoms with van der Waals surface area (Å²) < 4.78 is 1.78. The van der Waals surface area contributed by atoms with Gasteiger partial charge >= 0.3 is 0 Å². The molecule has 3 aromatic carbocycles. The van der Waals surface area contributed by atoms with Crippen LogP contribution in [0, 0.1) is 20.8 Å². The molecule has 0 radical (unpaired) electrons. The molecule has 4 aromatic rings. The molecule has 0 saturated heterocycles. The van der Waals surface area contributed by atoms with Crippen molar-refractivity contribution >= 4 is 56.5 Å². The van der Waals surface area contributed by atoms with Crippen LogP contribution in [-0.2, 0) is 4.79 Å². The number of aromatic nitrogens is 1. The van der Waals surface area contributed by atoms with Gasteiger partial charge in [0.1, 0.15) is 0 Å². The highest BCUT2D eigenvalue weighted by Gasteiger charge is 2.19. The Morgan fingerprint density at radius 3 is 2.33 bits per heavy atom. The van der Waals surface area contributed by atoms with E-state index in [0.717, 1.165) is 31.4 Å². The van der Waals surface area contributed by atoms with Crippen LogP contribution in [0.1, 0.15) is 34.0 Å². The van der Waals surface area contributed by atoms with Crippen LogP contribution in [-0.4, -0.2) is 22.0 Å². The number of thioether (sulfide) groups is 1. The van der Waals surface area contributed by atoms with E-state index in [1.165, 1.54) is 28.7 Å². The number of amides is 2. The van der Waals surface area contributed by atoms with Crippen LogP contribution >= 0.6 is 23.1 Å². The summed E-state index contributed by atoms with van der Waals surface area (Å²) in [4.78, 5) is 29.9. The van der Waals surface area contributed by atoms with E-state index in [1.807, 2.05) is 57.2 Å². The average molecular weight is 476 g/mol. The lowest BCUT2D eigenvalue weighted by atomic mass is 10.1. The van der Waals surface area contributed by atoms with Crippen molar-refractivity contribution in [1.82, 2.24) is 4.98 Å². The van der Waals surface area contributed by atoms with Crippen molar-refractivity contribution in [2.45, 2.75) is 37.3 Å². The maximum absolute atomic E-state index is 12.8. The van der Waals surface area contributed by atoms with E-state index in [1.54, 1.807) is 12.1 Å². The number of hydrogen-bond donors (Lipinski definition) is 2. The van der Waals surface area contributed by atoms with E-state index in [0.29, 0.717) is 11.3 Å². The van der Waals surface area contributed by atoms with Gasteiger partial charge in [-0.05, 0) is 69.2 Å². The van der Waals surface area contributed by atoms with Crippen LogP contribution in [0.15, 0.2) is 65.0 Å². The molecule has 0 aliphatic rings. The first-order chi connectivity index (χ1) is 15.8. The second-order valence-electron chi connectivity index (χ2n) is 8.01. The third kappa shape index (κ3) is 5.43. The Hall–Kier alpha value is -3.16. The normalized spacial score (nSPS) is 11.9. The number of anilines is 2. The number of benzene rings is 3. The van der Waals surface area contributed by atoms with Crippen molar-refractivity contribution in [2.75, 3.05) is 10.6 Å². The van der Waals surface area contributed by atoms with E-state index < -0.39 is 0 Å². The summed E-state index contributed by atoms with van der Waals surface area (Å²) in [7, 11) is 0. The highest BCUT2D eigenvalue weighted by atomic mass is 32.2. The van der Waals surface area contributed by atoms with Gasteiger partial charge in [0.25, 0.3) is 5.91 Å². The van der Waals surface area contributed by atoms with Crippen molar-refractivity contribution in [3.05, 3.63) is 82.9 Å². The lowest BCUT2D eigenvalue weighted by Gasteiger charge is -2.15. The predicted octanol–water partition coefficient (Wildman–Crippen LogP) is 6.59. The first-order valence-corrected chi connectivity index (χ1v) is 12.3. The van der Waals surface area contributed by atoms with Crippen molar-refractivity contribution in [1.29, 1.82) is 0 Å². The molecule has 0 fully saturated rings. The summed E-state index contributed by atoms with van der Waals surface area (Å²) in [5, 5.41) is 5.70. The van der Waals surface area contributed by atoms with Gasteiger partial charge in [0.05, 0.1) is 15.5 Å². The Morgan fingerprint density at radius 2 is 1.64 bits per heavy atom. The standard InChI is InChI=1S/C26H25N3O2S2/c1-15-12-16(2)23(17(3)13-15)29-24(30)18(4)32-26-28-21-11-10-20(14-22(21)33-26)27-25(31)19-8-6-5-7-9-19/h5-14,18H,1-4H3,(H,27,31)(H,29,30)/t18-/m0/s1. The number of hydrogen-bond acceptors (Lipinski definition) is 5. The monoisotopic (exact) mass is 475 g/mol. The number of aryl methyl sites for hydroxylation is 3. The number of carbonyl (C=O) groups excluding carboxylic acids is 2. The molecule has 168 valence electrons. The second kappa shape index (κ2) is 9.77. The zero-order valence-corrected chi connectivity index (χ0v) is 20.6. The molecule has 0 bridgehead atoms. The molecule has 2 N–H and O–H groups in total. The maximum Gasteiger partial charge on any atom is 0.255 e. The number of nitrogens with one attached hydrogen (secondary N) is 2. The fourth-order valence-corrected chi connectivity index (χ4v) is 5.88. The summed E-state index contributed by atoms with van der Waals surface area (Å²) in [5.74, 6) is -0.203. The van der Waals surface area contributed by atoms with Gasteiger partial charge in [-0.15, -0.1) is 11.3 Å². The molecule has 2 amide bonds. The third-order valence-corrected chi connectivity index (χ3v) is 7.45. The quantitative estimate of drug-likeness (QED) is 0.309. The summed E-state index contributed by atoms with van der Waals surface area (Å²) in [6.07, 6.45) is 0. The van der Waals surface area contributed by atoms with Gasteiger partial charge in [-0.1, -0.05) is 47.7 Å². The molecule has 0 aliphatic heterocycles. The highest BCUT2D eigenvalue weighted by molar-refractivity contribution is 8.02. The maximum atomic E-state index is 12.8. The summed E-state index contributed by atoms with van der Waals surface area (Å²) in [6, 6.07) is 18.9. The molecule has 0 spiro atoms. The molecule has 1 atom stereocenters. The first-order valence-electron chi connectivity index (χ1n) is 10.6. The van der Waals surface area contributed by atoms with E-state index in [-0.39, 0.29) is 17.1 Å². The van der Waals surface area contributed by atoms with Gasteiger partial charge in [0.2, 0.25) is 5.91 Å². The fraction of sp³-hybridized carbons (Fsp3) is 0.192. The van der Waals surface area contributed by atoms with Crippen LogP contribution in [0.25, 0.3) is 10.2 Å². The van der Waals surface area contributed by atoms with Crippen LogP contribution in [0.3, 0.4) is 0 Å². The number of carbonyl (C=O) groups is 2. The highest BCUT2D eigenvalue weighted by Crippen LogP contribution is 2.34. The predicted molar refractivity (Wildman–Crippen MR) is 139 cm³/mol.